The van der Waals surface area contributed by atoms with E-state index in [1.165, 1.54) is 5.48 Å². The summed E-state index contributed by atoms with van der Waals surface area (Å²) in [6.07, 6.45) is 4.58. The van der Waals surface area contributed by atoms with Gasteiger partial charge in [0.15, 0.2) is 0 Å². The summed E-state index contributed by atoms with van der Waals surface area (Å²) in [4.78, 5) is 31.5. The van der Waals surface area contributed by atoms with Crippen molar-refractivity contribution in [1.29, 1.82) is 0 Å². The summed E-state index contributed by atoms with van der Waals surface area (Å²) in [5, 5.41) is 12.6. The highest BCUT2D eigenvalue weighted by molar-refractivity contribution is 5.89. The fourth-order valence-corrected chi connectivity index (χ4v) is 2.58. The first-order valence-electron chi connectivity index (χ1n) is 6.65. The van der Waals surface area contributed by atoms with Crippen molar-refractivity contribution in [3.8, 4) is 0 Å². The van der Waals surface area contributed by atoms with Gasteiger partial charge in [0.25, 0.3) is 0 Å². The van der Waals surface area contributed by atoms with Crippen LogP contribution in [0, 0.1) is 0 Å². The van der Waals surface area contributed by atoms with Crippen LogP contribution in [0.4, 0.5) is 0 Å². The Kier molecular flexibility index (Phi) is 3.34. The van der Waals surface area contributed by atoms with Crippen LogP contribution in [0.2, 0.25) is 0 Å². The standard InChI is InChI=1S/C12H16N6O3/c1-16-4-2-3-8(16)12(20)17-5-6-18-9(7-17)13-10(14-18)11(19)15-21/h2,4,8,21H,3,5-7H2,1H3,(H,15,19). The van der Waals surface area contributed by atoms with Crippen molar-refractivity contribution in [1.82, 2.24) is 30.0 Å². The molecule has 2 N–H and O–H groups in total. The third-order valence-electron chi connectivity index (χ3n) is 3.76. The lowest BCUT2D eigenvalue weighted by atomic mass is 10.2. The first kappa shape index (κ1) is 13.6. The summed E-state index contributed by atoms with van der Waals surface area (Å²) >= 11 is 0. The van der Waals surface area contributed by atoms with Gasteiger partial charge in [0.05, 0.1) is 13.1 Å². The summed E-state index contributed by atoms with van der Waals surface area (Å²) in [5.41, 5.74) is 1.50. The minimum atomic E-state index is -0.755. The van der Waals surface area contributed by atoms with Gasteiger partial charge in [0.1, 0.15) is 11.9 Å². The molecule has 3 rings (SSSR count). The zero-order valence-corrected chi connectivity index (χ0v) is 11.6. The highest BCUT2D eigenvalue weighted by atomic mass is 16.5. The number of carbonyl (C=O) groups excluding carboxylic acids is 2. The quantitative estimate of drug-likeness (QED) is 0.533. The van der Waals surface area contributed by atoms with E-state index in [9.17, 15) is 9.59 Å². The Morgan fingerprint density at radius 1 is 1.43 bits per heavy atom. The fourth-order valence-electron chi connectivity index (χ4n) is 2.58. The van der Waals surface area contributed by atoms with E-state index in [0.717, 1.165) is 0 Å². The maximum Gasteiger partial charge on any atom is 0.314 e. The van der Waals surface area contributed by atoms with Crippen LogP contribution in [0.25, 0.3) is 0 Å². The number of hydrogen-bond donors (Lipinski definition) is 2. The molecule has 0 saturated carbocycles. The molecule has 1 atom stereocenters. The topological polar surface area (TPSA) is 104 Å². The molecular formula is C12H16N6O3. The summed E-state index contributed by atoms with van der Waals surface area (Å²) in [6, 6.07) is -0.167. The summed E-state index contributed by atoms with van der Waals surface area (Å²) in [5.74, 6) is -0.261. The average molecular weight is 292 g/mol. The van der Waals surface area contributed by atoms with E-state index in [1.54, 1.807) is 9.58 Å². The van der Waals surface area contributed by atoms with Crippen molar-refractivity contribution in [2.24, 2.45) is 0 Å². The number of hydrogen-bond acceptors (Lipinski definition) is 6. The highest BCUT2D eigenvalue weighted by Gasteiger charge is 2.31. The van der Waals surface area contributed by atoms with Gasteiger partial charge in [0, 0.05) is 13.6 Å². The molecule has 2 aliphatic rings. The number of aromatic nitrogens is 3. The van der Waals surface area contributed by atoms with Crippen molar-refractivity contribution in [3.05, 3.63) is 23.9 Å². The Labute approximate surface area is 120 Å². The maximum absolute atomic E-state index is 12.5. The van der Waals surface area contributed by atoms with E-state index in [1.807, 2.05) is 24.2 Å². The van der Waals surface area contributed by atoms with E-state index >= 15 is 0 Å². The molecule has 0 fully saturated rings. The second kappa shape index (κ2) is 5.17. The lowest BCUT2D eigenvalue weighted by molar-refractivity contribution is -0.136. The molecule has 0 spiro atoms. The van der Waals surface area contributed by atoms with Crippen LogP contribution in [-0.2, 0) is 17.9 Å². The largest absolute Gasteiger partial charge is 0.369 e. The van der Waals surface area contributed by atoms with Crippen LogP contribution in [0.15, 0.2) is 12.3 Å². The molecule has 0 aromatic carbocycles. The number of likely N-dealkylation sites (N-methyl/N-ethyl adjacent to an activating group) is 1. The van der Waals surface area contributed by atoms with Crippen molar-refractivity contribution < 1.29 is 14.8 Å². The zero-order chi connectivity index (χ0) is 15.0. The lowest BCUT2D eigenvalue weighted by Gasteiger charge is -2.31. The highest BCUT2D eigenvalue weighted by Crippen LogP contribution is 2.18. The number of nitrogens with zero attached hydrogens (tertiary/aromatic N) is 5. The number of amides is 2. The van der Waals surface area contributed by atoms with Crippen LogP contribution < -0.4 is 5.48 Å². The number of rotatable bonds is 2. The van der Waals surface area contributed by atoms with E-state index in [2.05, 4.69) is 10.1 Å². The van der Waals surface area contributed by atoms with Gasteiger partial charge in [-0.25, -0.2) is 15.1 Å². The Hall–Kier alpha value is -2.42. The van der Waals surface area contributed by atoms with Crippen LogP contribution in [0.5, 0.6) is 0 Å². The van der Waals surface area contributed by atoms with Gasteiger partial charge in [-0.2, -0.15) is 0 Å². The van der Waals surface area contributed by atoms with Gasteiger partial charge in [-0.1, -0.05) is 6.08 Å². The predicted octanol–water partition coefficient (Wildman–Crippen LogP) is -1.04. The second-order valence-electron chi connectivity index (χ2n) is 5.08. The third kappa shape index (κ3) is 2.35. The minimum absolute atomic E-state index is 0.0462. The number of nitrogens with one attached hydrogen (secondary N) is 1. The minimum Gasteiger partial charge on any atom is -0.369 e. The number of carbonyl (C=O) groups is 2. The van der Waals surface area contributed by atoms with Gasteiger partial charge in [-0.15, -0.1) is 5.10 Å². The van der Waals surface area contributed by atoms with Crippen molar-refractivity contribution in [2.75, 3.05) is 13.6 Å². The third-order valence-corrected chi connectivity index (χ3v) is 3.76. The Morgan fingerprint density at radius 2 is 2.24 bits per heavy atom. The number of fused-ring (bicyclic) bond motifs is 1. The molecule has 21 heavy (non-hydrogen) atoms. The Morgan fingerprint density at radius 3 is 2.90 bits per heavy atom. The lowest BCUT2D eigenvalue weighted by Crippen LogP contribution is -2.47. The summed E-state index contributed by atoms with van der Waals surface area (Å²) in [6.45, 7) is 1.32. The van der Waals surface area contributed by atoms with Crippen LogP contribution in [0.1, 0.15) is 22.9 Å². The summed E-state index contributed by atoms with van der Waals surface area (Å²) < 4.78 is 1.59. The van der Waals surface area contributed by atoms with E-state index in [0.29, 0.717) is 31.9 Å². The van der Waals surface area contributed by atoms with Crippen molar-refractivity contribution in [2.45, 2.75) is 25.6 Å². The molecular weight excluding hydrogens is 276 g/mol. The van der Waals surface area contributed by atoms with Crippen LogP contribution >= 0.6 is 0 Å². The van der Waals surface area contributed by atoms with Crippen molar-refractivity contribution >= 4 is 11.8 Å². The first-order valence-corrected chi connectivity index (χ1v) is 6.65. The molecule has 3 heterocycles. The van der Waals surface area contributed by atoms with Gasteiger partial charge in [-0.3, -0.25) is 14.8 Å². The predicted molar refractivity (Wildman–Crippen MR) is 70.0 cm³/mol. The average Bonchev–Trinajstić information content (AvgIpc) is 3.10. The Bertz CT molecular complexity index is 610. The van der Waals surface area contributed by atoms with Gasteiger partial charge < -0.3 is 9.80 Å². The van der Waals surface area contributed by atoms with Gasteiger partial charge in [0.2, 0.25) is 11.7 Å². The molecule has 0 bridgehead atoms. The SMILES string of the molecule is CN1C=CCC1C(=O)N1CCn2nc(C(=O)NO)nc2C1. The molecule has 2 amide bonds. The van der Waals surface area contributed by atoms with Crippen molar-refractivity contribution in [3.63, 3.8) is 0 Å². The maximum atomic E-state index is 12.5. The van der Waals surface area contributed by atoms with Crippen LogP contribution in [0.3, 0.4) is 0 Å². The van der Waals surface area contributed by atoms with E-state index in [-0.39, 0.29) is 17.8 Å². The Balaban J connectivity index is 1.73. The fraction of sp³-hybridized carbons (Fsp3) is 0.500. The molecule has 2 aliphatic heterocycles. The molecule has 1 aromatic heterocycles. The molecule has 1 unspecified atom stereocenters. The normalized spacial score (nSPS) is 20.6. The molecule has 0 radical (unpaired) electrons. The smallest absolute Gasteiger partial charge is 0.314 e. The van der Waals surface area contributed by atoms with Gasteiger partial charge in [-0.05, 0) is 12.6 Å². The first-order chi connectivity index (χ1) is 10.1. The van der Waals surface area contributed by atoms with E-state index < -0.39 is 5.91 Å². The molecule has 9 nitrogen and oxygen atoms in total. The van der Waals surface area contributed by atoms with Gasteiger partial charge >= 0.3 is 5.91 Å². The number of hydroxylamine groups is 1. The molecule has 0 saturated heterocycles. The molecule has 112 valence electrons. The zero-order valence-electron chi connectivity index (χ0n) is 11.6. The summed E-state index contributed by atoms with van der Waals surface area (Å²) in [7, 11) is 1.88. The molecule has 1 aromatic rings. The van der Waals surface area contributed by atoms with Crippen LogP contribution in [-0.4, -0.2) is 61.2 Å². The molecule has 9 heteroatoms. The monoisotopic (exact) mass is 292 g/mol. The van der Waals surface area contributed by atoms with E-state index in [4.69, 9.17) is 5.21 Å². The molecule has 0 aliphatic carbocycles. The second-order valence-corrected chi connectivity index (χ2v) is 5.08.